The number of alkyl halides is 3. The summed E-state index contributed by atoms with van der Waals surface area (Å²) in [5.74, 6) is -1.36. The summed E-state index contributed by atoms with van der Waals surface area (Å²) >= 11 is 0. The van der Waals surface area contributed by atoms with Crippen LogP contribution in [0.2, 0.25) is 0 Å². The van der Waals surface area contributed by atoms with Crippen LogP contribution in [0.15, 0.2) is 64.5 Å². The fourth-order valence-electron chi connectivity index (χ4n) is 3.68. The molecule has 0 bridgehead atoms. The lowest BCUT2D eigenvalue weighted by Crippen LogP contribution is -2.23. The van der Waals surface area contributed by atoms with E-state index in [1.807, 2.05) is 4.90 Å². The minimum absolute atomic E-state index is 0.221. The van der Waals surface area contributed by atoms with Crippen molar-refractivity contribution in [2.24, 2.45) is 5.92 Å². The fraction of sp³-hybridized carbons (Fsp3) is 0.238. The van der Waals surface area contributed by atoms with E-state index in [1.54, 1.807) is 18.2 Å². The maximum atomic E-state index is 13.0. The first-order chi connectivity index (χ1) is 14.6. The van der Waals surface area contributed by atoms with E-state index in [0.29, 0.717) is 42.2 Å². The Kier molecular flexibility index (Phi) is 5.12. The molecule has 6 nitrogen and oxygen atoms in total. The van der Waals surface area contributed by atoms with Crippen molar-refractivity contribution >= 4 is 32.4 Å². The zero-order chi connectivity index (χ0) is 22.4. The van der Waals surface area contributed by atoms with E-state index in [0.717, 1.165) is 24.4 Å². The molecule has 1 atom stereocenters. The number of pyridine rings is 1. The van der Waals surface area contributed by atoms with E-state index in [9.17, 15) is 31.5 Å². The number of aromatic nitrogens is 1. The number of para-hydroxylation sites is 1. The molecule has 1 aliphatic heterocycles. The third kappa shape index (κ3) is 3.95. The van der Waals surface area contributed by atoms with E-state index in [1.165, 1.54) is 6.07 Å². The molecule has 2 heterocycles. The highest BCUT2D eigenvalue weighted by Gasteiger charge is 2.32. The molecular formula is C21H17F3N2O4S. The largest absolute Gasteiger partial charge is 0.481 e. The molecule has 3 aromatic rings. The first kappa shape index (κ1) is 21.1. The Morgan fingerprint density at radius 2 is 1.84 bits per heavy atom. The minimum atomic E-state index is -4.66. The Bertz CT molecular complexity index is 1280. The van der Waals surface area contributed by atoms with Crippen LogP contribution >= 0.6 is 0 Å². The Labute approximate surface area is 175 Å². The molecule has 1 fully saturated rings. The Morgan fingerprint density at radius 3 is 2.52 bits per heavy atom. The topological polar surface area (TPSA) is 87.6 Å². The number of hydrogen-bond donors (Lipinski definition) is 1. The van der Waals surface area contributed by atoms with Crippen LogP contribution in [0.5, 0.6) is 0 Å². The summed E-state index contributed by atoms with van der Waals surface area (Å²) in [6.07, 6.45) is -3.05. The number of carboxylic acid groups (broad SMARTS) is 1. The van der Waals surface area contributed by atoms with Gasteiger partial charge in [0, 0.05) is 24.7 Å². The van der Waals surface area contributed by atoms with Gasteiger partial charge in [-0.15, -0.1) is 0 Å². The molecule has 0 amide bonds. The summed E-state index contributed by atoms with van der Waals surface area (Å²) in [7, 11) is -4.22. The number of carboxylic acids is 1. The van der Waals surface area contributed by atoms with Gasteiger partial charge in [-0.25, -0.2) is 8.42 Å². The molecule has 0 aliphatic carbocycles. The van der Waals surface area contributed by atoms with Gasteiger partial charge in [-0.2, -0.15) is 13.2 Å². The van der Waals surface area contributed by atoms with Crippen molar-refractivity contribution in [1.82, 2.24) is 4.98 Å². The molecule has 1 N–H and O–H groups in total. The Morgan fingerprint density at radius 1 is 1.10 bits per heavy atom. The number of aliphatic carboxylic acids is 1. The number of halogens is 3. The molecular weight excluding hydrogens is 433 g/mol. The lowest BCUT2D eigenvalue weighted by Gasteiger charge is -2.20. The lowest BCUT2D eigenvalue weighted by molar-refractivity contribution is -0.141. The van der Waals surface area contributed by atoms with Gasteiger partial charge < -0.3 is 10.0 Å². The van der Waals surface area contributed by atoms with Gasteiger partial charge in [0.15, 0.2) is 0 Å². The van der Waals surface area contributed by atoms with Crippen LogP contribution in [-0.4, -0.2) is 37.6 Å². The smallest absolute Gasteiger partial charge is 0.416 e. The van der Waals surface area contributed by atoms with Crippen molar-refractivity contribution < 1.29 is 31.5 Å². The highest BCUT2D eigenvalue weighted by Crippen LogP contribution is 2.34. The second kappa shape index (κ2) is 7.52. The van der Waals surface area contributed by atoms with Crippen LogP contribution in [0, 0.1) is 5.92 Å². The highest BCUT2D eigenvalue weighted by atomic mass is 32.2. The molecule has 1 aliphatic rings. The van der Waals surface area contributed by atoms with Gasteiger partial charge in [0.05, 0.1) is 32.5 Å². The summed E-state index contributed by atoms with van der Waals surface area (Å²) in [6.45, 7) is 0.850. The molecule has 10 heteroatoms. The molecule has 31 heavy (non-hydrogen) atoms. The molecule has 0 spiro atoms. The summed E-state index contributed by atoms with van der Waals surface area (Å²) < 4.78 is 64.8. The highest BCUT2D eigenvalue weighted by molar-refractivity contribution is 7.91. The molecule has 1 unspecified atom stereocenters. The molecule has 1 aromatic heterocycles. The Hall–Kier alpha value is -3.14. The average Bonchev–Trinajstić information content (AvgIpc) is 3.23. The van der Waals surface area contributed by atoms with Gasteiger partial charge in [0.25, 0.3) is 0 Å². The molecule has 4 rings (SSSR count). The zero-order valence-corrected chi connectivity index (χ0v) is 16.8. The zero-order valence-electron chi connectivity index (χ0n) is 16.0. The third-order valence-electron chi connectivity index (χ3n) is 5.32. The van der Waals surface area contributed by atoms with Gasteiger partial charge >= 0.3 is 12.1 Å². The van der Waals surface area contributed by atoms with Gasteiger partial charge in [-0.05, 0) is 36.8 Å². The Balaban J connectivity index is 1.73. The van der Waals surface area contributed by atoms with E-state index in [2.05, 4.69) is 4.98 Å². The minimum Gasteiger partial charge on any atom is -0.481 e. The monoisotopic (exact) mass is 450 g/mol. The van der Waals surface area contributed by atoms with Crippen molar-refractivity contribution in [2.45, 2.75) is 22.4 Å². The van der Waals surface area contributed by atoms with Crippen molar-refractivity contribution in [2.75, 3.05) is 18.0 Å². The van der Waals surface area contributed by atoms with Gasteiger partial charge in [0.2, 0.25) is 9.84 Å². The number of rotatable bonds is 4. The van der Waals surface area contributed by atoms with Crippen molar-refractivity contribution in [3.05, 3.63) is 60.3 Å². The van der Waals surface area contributed by atoms with Crippen molar-refractivity contribution in [3.8, 4) is 0 Å². The van der Waals surface area contributed by atoms with E-state index < -0.39 is 38.4 Å². The van der Waals surface area contributed by atoms with Crippen LogP contribution in [0.4, 0.5) is 18.9 Å². The van der Waals surface area contributed by atoms with Crippen molar-refractivity contribution in [1.29, 1.82) is 0 Å². The number of benzene rings is 2. The summed E-state index contributed by atoms with van der Waals surface area (Å²) in [6, 6.07) is 10.1. The number of sulfone groups is 1. The number of nitrogens with zero attached hydrogens (tertiary/aromatic N) is 2. The van der Waals surface area contributed by atoms with Crippen LogP contribution in [0.1, 0.15) is 12.0 Å². The standard InChI is InChI=1S/C21H17F3N2O4S/c22-21(23,24)15-4-2-5-16(10-15)31(29,30)17-9-13-3-1-6-18(19(13)25-11-17)26-8-7-14(12-26)20(27)28/h1-6,9-11,14H,7-8,12H2,(H,27,28). The molecule has 1 saturated heterocycles. The predicted octanol–water partition coefficient (Wildman–Crippen LogP) is 4.00. The maximum absolute atomic E-state index is 13.0. The van der Waals surface area contributed by atoms with Gasteiger partial charge in [0.1, 0.15) is 0 Å². The van der Waals surface area contributed by atoms with E-state index >= 15 is 0 Å². The van der Waals surface area contributed by atoms with Crippen LogP contribution in [-0.2, 0) is 20.8 Å². The average molecular weight is 450 g/mol. The molecule has 2 aromatic carbocycles. The first-order valence-electron chi connectivity index (χ1n) is 9.36. The van der Waals surface area contributed by atoms with Crippen LogP contribution in [0.25, 0.3) is 10.9 Å². The number of carbonyl (C=O) groups is 1. The van der Waals surface area contributed by atoms with Gasteiger partial charge in [-0.1, -0.05) is 18.2 Å². The number of hydrogen-bond acceptors (Lipinski definition) is 5. The van der Waals surface area contributed by atoms with Crippen molar-refractivity contribution in [3.63, 3.8) is 0 Å². The quantitative estimate of drug-likeness (QED) is 0.647. The normalized spacial score (nSPS) is 17.3. The van der Waals surface area contributed by atoms with E-state index in [-0.39, 0.29) is 4.90 Å². The lowest BCUT2D eigenvalue weighted by atomic mass is 10.1. The van der Waals surface area contributed by atoms with Crippen LogP contribution in [0.3, 0.4) is 0 Å². The predicted molar refractivity (Wildman–Crippen MR) is 107 cm³/mol. The second-order valence-corrected chi connectivity index (χ2v) is 9.27. The molecule has 162 valence electrons. The maximum Gasteiger partial charge on any atom is 0.416 e. The summed E-state index contributed by atoms with van der Waals surface area (Å²) in [5, 5.41) is 9.71. The number of fused-ring (bicyclic) bond motifs is 1. The third-order valence-corrected chi connectivity index (χ3v) is 7.04. The van der Waals surface area contributed by atoms with Gasteiger partial charge in [-0.3, -0.25) is 9.78 Å². The fourth-order valence-corrected chi connectivity index (χ4v) is 4.97. The second-order valence-electron chi connectivity index (χ2n) is 7.32. The molecule has 0 radical (unpaired) electrons. The summed E-state index contributed by atoms with van der Waals surface area (Å²) in [5.41, 5.74) is 0.132. The SMILES string of the molecule is O=C(O)C1CCN(c2cccc3cc(S(=O)(=O)c4cccc(C(F)(F)F)c4)cnc23)C1. The molecule has 0 saturated carbocycles. The first-order valence-corrected chi connectivity index (χ1v) is 10.8. The van der Waals surface area contributed by atoms with Crippen LogP contribution < -0.4 is 4.90 Å². The summed E-state index contributed by atoms with van der Waals surface area (Å²) in [4.78, 5) is 16.7. The number of anilines is 1. The van der Waals surface area contributed by atoms with E-state index in [4.69, 9.17) is 0 Å².